The molecule has 0 radical (unpaired) electrons. The number of methoxy groups -OCH3 is 1. The Kier molecular flexibility index (Phi) is 5.67. The van der Waals surface area contributed by atoms with Gasteiger partial charge in [-0.15, -0.1) is 0 Å². The third-order valence-corrected chi connectivity index (χ3v) is 5.98. The molecule has 1 N–H and O–H groups in total. The van der Waals surface area contributed by atoms with Crippen molar-refractivity contribution in [2.24, 2.45) is 0 Å². The van der Waals surface area contributed by atoms with Crippen LogP contribution in [-0.2, 0) is 11.3 Å². The summed E-state index contributed by atoms with van der Waals surface area (Å²) >= 11 is 8.77. The van der Waals surface area contributed by atoms with Crippen LogP contribution in [0.15, 0.2) is 28.4 Å². The lowest BCUT2D eigenvalue weighted by atomic mass is 10.1. The lowest BCUT2D eigenvalue weighted by Crippen LogP contribution is -2.30. The Bertz CT molecular complexity index is 951. The monoisotopic (exact) mass is 448 g/mol. The number of ether oxygens (including phenoxy) is 1. The Morgan fingerprint density at radius 2 is 2.11 bits per heavy atom. The summed E-state index contributed by atoms with van der Waals surface area (Å²) in [4.78, 5) is 13.9. The molecule has 0 atom stereocenters. The fraction of sp³-hybridized carbons (Fsp3) is 0.316. The number of benzene rings is 1. The molecule has 3 rings (SSSR count). The standard InChI is InChI=1S/C19H21BrN4O2S/c1-5-23-18(25)15(21-19(23)27)9-13-6-7-16(26-4)14(8-13)10-24-12(3)17(20)11(2)22-24/h6-9H,5,10H2,1-4H3,(H,21,27)/b15-9+. The molecule has 8 heteroatoms. The van der Waals surface area contributed by atoms with E-state index in [2.05, 4.69) is 26.3 Å². The maximum absolute atomic E-state index is 12.4. The van der Waals surface area contributed by atoms with Crippen molar-refractivity contribution < 1.29 is 9.53 Å². The number of aromatic nitrogens is 2. The van der Waals surface area contributed by atoms with Crippen molar-refractivity contribution in [3.63, 3.8) is 0 Å². The molecule has 1 fully saturated rings. The minimum Gasteiger partial charge on any atom is -0.496 e. The Morgan fingerprint density at radius 1 is 1.37 bits per heavy atom. The molecule has 1 aromatic carbocycles. The fourth-order valence-electron chi connectivity index (χ4n) is 3.03. The number of aryl methyl sites for hydroxylation is 1. The fourth-order valence-corrected chi connectivity index (χ4v) is 3.63. The first-order chi connectivity index (χ1) is 12.8. The van der Waals surface area contributed by atoms with Gasteiger partial charge in [0.05, 0.1) is 29.5 Å². The second-order valence-corrected chi connectivity index (χ2v) is 7.43. The molecule has 1 saturated heterocycles. The SMILES string of the molecule is CCN1C(=O)/C(=C\c2ccc(OC)c(Cn3nc(C)c(Br)c3C)c2)NC1=S. The van der Waals surface area contributed by atoms with Gasteiger partial charge in [-0.3, -0.25) is 14.4 Å². The van der Waals surface area contributed by atoms with Crippen molar-refractivity contribution in [3.8, 4) is 5.75 Å². The molecule has 0 saturated carbocycles. The van der Waals surface area contributed by atoms with Crippen LogP contribution in [-0.4, -0.2) is 39.4 Å². The summed E-state index contributed by atoms with van der Waals surface area (Å²) in [7, 11) is 1.65. The number of hydrogen-bond acceptors (Lipinski definition) is 4. The predicted molar refractivity (Wildman–Crippen MR) is 113 cm³/mol. The van der Waals surface area contributed by atoms with Gasteiger partial charge < -0.3 is 10.1 Å². The van der Waals surface area contributed by atoms with Gasteiger partial charge in [0, 0.05) is 12.1 Å². The van der Waals surface area contributed by atoms with Crippen LogP contribution < -0.4 is 10.1 Å². The minimum atomic E-state index is -0.109. The summed E-state index contributed by atoms with van der Waals surface area (Å²) in [6.07, 6.45) is 1.81. The normalized spacial score (nSPS) is 15.6. The molecule has 2 heterocycles. The van der Waals surface area contributed by atoms with Crippen LogP contribution in [0, 0.1) is 13.8 Å². The highest BCUT2D eigenvalue weighted by molar-refractivity contribution is 9.10. The third-order valence-electron chi connectivity index (χ3n) is 4.51. The Morgan fingerprint density at radius 3 is 2.67 bits per heavy atom. The number of halogens is 1. The maximum Gasteiger partial charge on any atom is 0.276 e. The quantitative estimate of drug-likeness (QED) is 0.560. The van der Waals surface area contributed by atoms with Crippen molar-refractivity contribution in [1.29, 1.82) is 0 Å². The van der Waals surface area contributed by atoms with Crippen molar-refractivity contribution in [2.45, 2.75) is 27.3 Å². The number of hydrogen-bond donors (Lipinski definition) is 1. The zero-order valence-corrected chi connectivity index (χ0v) is 18.1. The average Bonchev–Trinajstić information content (AvgIpc) is 3.05. The molecular weight excluding hydrogens is 428 g/mol. The molecule has 2 aromatic rings. The smallest absolute Gasteiger partial charge is 0.276 e. The van der Waals surface area contributed by atoms with Gasteiger partial charge in [-0.1, -0.05) is 6.07 Å². The zero-order chi connectivity index (χ0) is 19.7. The molecule has 1 aromatic heterocycles. The summed E-state index contributed by atoms with van der Waals surface area (Å²) in [6.45, 7) is 6.99. The van der Waals surface area contributed by atoms with Gasteiger partial charge in [0.15, 0.2) is 5.11 Å². The van der Waals surface area contributed by atoms with Gasteiger partial charge in [-0.2, -0.15) is 5.10 Å². The summed E-state index contributed by atoms with van der Waals surface area (Å²) in [5.41, 5.74) is 4.34. The highest BCUT2D eigenvalue weighted by atomic mass is 79.9. The van der Waals surface area contributed by atoms with E-state index in [-0.39, 0.29) is 5.91 Å². The summed E-state index contributed by atoms with van der Waals surface area (Å²) < 4.78 is 8.45. The number of nitrogens with one attached hydrogen (secondary N) is 1. The van der Waals surface area contributed by atoms with E-state index in [0.717, 1.165) is 32.7 Å². The largest absolute Gasteiger partial charge is 0.496 e. The number of nitrogens with zero attached hydrogens (tertiary/aromatic N) is 3. The van der Waals surface area contributed by atoms with E-state index >= 15 is 0 Å². The summed E-state index contributed by atoms with van der Waals surface area (Å²) in [6, 6.07) is 5.82. The van der Waals surface area contributed by atoms with E-state index in [9.17, 15) is 4.79 Å². The Balaban J connectivity index is 1.94. The lowest BCUT2D eigenvalue weighted by molar-refractivity contribution is -0.122. The van der Waals surface area contributed by atoms with Crippen molar-refractivity contribution >= 4 is 45.2 Å². The lowest BCUT2D eigenvalue weighted by Gasteiger charge is -2.11. The van der Waals surface area contributed by atoms with E-state index in [1.54, 1.807) is 12.0 Å². The second-order valence-electron chi connectivity index (χ2n) is 6.25. The van der Waals surface area contributed by atoms with Gasteiger partial charge in [0.1, 0.15) is 11.4 Å². The van der Waals surface area contributed by atoms with Gasteiger partial charge in [-0.05, 0) is 72.7 Å². The first-order valence-corrected chi connectivity index (χ1v) is 9.76. The number of thiocarbonyl (C=S) groups is 1. The first kappa shape index (κ1) is 19.6. The van der Waals surface area contributed by atoms with E-state index < -0.39 is 0 Å². The van der Waals surface area contributed by atoms with Crippen molar-refractivity contribution in [1.82, 2.24) is 20.0 Å². The molecule has 6 nitrogen and oxygen atoms in total. The summed E-state index contributed by atoms with van der Waals surface area (Å²) in [5, 5.41) is 7.99. The zero-order valence-electron chi connectivity index (χ0n) is 15.7. The van der Waals surface area contributed by atoms with Crippen LogP contribution in [0.3, 0.4) is 0 Å². The number of rotatable bonds is 5. The topological polar surface area (TPSA) is 59.4 Å². The van der Waals surface area contributed by atoms with Gasteiger partial charge in [0.25, 0.3) is 5.91 Å². The van der Waals surface area contributed by atoms with Crippen LogP contribution in [0.1, 0.15) is 29.4 Å². The first-order valence-electron chi connectivity index (χ1n) is 8.56. The van der Waals surface area contributed by atoms with Gasteiger partial charge in [-0.25, -0.2) is 0 Å². The van der Waals surface area contributed by atoms with Crippen molar-refractivity contribution in [3.05, 3.63) is 50.9 Å². The summed E-state index contributed by atoms with van der Waals surface area (Å²) in [5.74, 6) is 0.666. The number of likely N-dealkylation sites (N-methyl/N-ethyl adjacent to an activating group) is 1. The molecule has 142 valence electrons. The second kappa shape index (κ2) is 7.82. The van der Waals surface area contributed by atoms with Gasteiger partial charge in [0.2, 0.25) is 0 Å². The van der Waals surface area contributed by atoms with Crippen LogP contribution in [0.25, 0.3) is 6.08 Å². The van der Waals surface area contributed by atoms with Gasteiger partial charge >= 0.3 is 0 Å². The minimum absolute atomic E-state index is 0.109. The van der Waals surface area contributed by atoms with Crippen LogP contribution in [0.5, 0.6) is 5.75 Å². The van der Waals surface area contributed by atoms with Crippen molar-refractivity contribution in [2.75, 3.05) is 13.7 Å². The van der Waals surface area contributed by atoms with Crippen LogP contribution in [0.4, 0.5) is 0 Å². The molecule has 0 spiro atoms. The van der Waals surface area contributed by atoms with E-state index in [1.807, 2.05) is 49.7 Å². The maximum atomic E-state index is 12.4. The Hall–Kier alpha value is -2.19. The number of amides is 1. The molecule has 1 amide bonds. The molecule has 0 bridgehead atoms. The van der Waals surface area contributed by atoms with Crippen LogP contribution in [0.2, 0.25) is 0 Å². The van der Waals surface area contributed by atoms with Crippen LogP contribution >= 0.6 is 28.1 Å². The Labute approximate surface area is 172 Å². The highest BCUT2D eigenvalue weighted by Crippen LogP contribution is 2.26. The predicted octanol–water partition coefficient (Wildman–Crippen LogP) is 3.40. The highest BCUT2D eigenvalue weighted by Gasteiger charge is 2.29. The molecule has 1 aliphatic heterocycles. The van der Waals surface area contributed by atoms with E-state index in [0.29, 0.717) is 23.9 Å². The molecule has 0 aliphatic carbocycles. The van der Waals surface area contributed by atoms with E-state index in [4.69, 9.17) is 17.0 Å². The molecule has 1 aliphatic rings. The number of carbonyl (C=O) groups is 1. The average molecular weight is 449 g/mol. The molecule has 0 unspecified atom stereocenters. The third kappa shape index (κ3) is 3.77. The molecular formula is C19H21BrN4O2S. The molecule has 27 heavy (non-hydrogen) atoms. The number of carbonyl (C=O) groups excluding carboxylic acids is 1. The van der Waals surface area contributed by atoms with E-state index in [1.165, 1.54) is 0 Å².